The zero-order chi connectivity index (χ0) is 17.2. The van der Waals surface area contributed by atoms with E-state index in [2.05, 4.69) is 4.72 Å². The second-order valence-electron chi connectivity index (χ2n) is 5.46. The van der Waals surface area contributed by atoms with Gasteiger partial charge in [-0.3, -0.25) is 14.3 Å². The van der Waals surface area contributed by atoms with E-state index in [9.17, 15) is 22.4 Å². The molecule has 2 rings (SSSR count). The van der Waals surface area contributed by atoms with E-state index in [1.54, 1.807) is 0 Å². The Kier molecular flexibility index (Phi) is 4.88. The fourth-order valence-corrected chi connectivity index (χ4v) is 3.23. The Morgan fingerprint density at radius 3 is 2.74 bits per heavy atom. The van der Waals surface area contributed by atoms with Crippen LogP contribution >= 0.6 is 0 Å². The van der Waals surface area contributed by atoms with Crippen molar-refractivity contribution in [3.8, 4) is 0 Å². The van der Waals surface area contributed by atoms with Gasteiger partial charge in [-0.05, 0) is 31.0 Å². The van der Waals surface area contributed by atoms with Gasteiger partial charge in [0.25, 0.3) is 5.91 Å². The molecular formula is C14H17FN2O5S. The second kappa shape index (κ2) is 6.53. The standard InChI is InChI=1S/C14H17FN2O5S/c1-23(21,22)16-12-5-4-9(15)7-11(12)14(20)17-6-2-3-10(17)8-13(18)19/h4-5,7,10,16H,2-3,6,8H2,1H3,(H,18,19). The van der Waals surface area contributed by atoms with E-state index in [4.69, 9.17) is 5.11 Å². The van der Waals surface area contributed by atoms with Gasteiger partial charge in [0.05, 0.1) is 23.9 Å². The van der Waals surface area contributed by atoms with Gasteiger partial charge in [0, 0.05) is 12.6 Å². The Balaban J connectivity index is 2.34. The zero-order valence-electron chi connectivity index (χ0n) is 12.5. The van der Waals surface area contributed by atoms with Gasteiger partial charge in [-0.15, -0.1) is 0 Å². The first-order valence-electron chi connectivity index (χ1n) is 6.97. The van der Waals surface area contributed by atoms with E-state index in [1.807, 2.05) is 0 Å². The zero-order valence-corrected chi connectivity index (χ0v) is 13.3. The summed E-state index contributed by atoms with van der Waals surface area (Å²) < 4.78 is 38.4. The van der Waals surface area contributed by atoms with Crippen LogP contribution in [0.5, 0.6) is 0 Å². The molecule has 0 aromatic heterocycles. The van der Waals surface area contributed by atoms with Crippen LogP contribution < -0.4 is 4.72 Å². The van der Waals surface area contributed by atoms with Crippen LogP contribution in [0.2, 0.25) is 0 Å². The van der Waals surface area contributed by atoms with Crippen LogP contribution in [0.3, 0.4) is 0 Å². The molecule has 1 fully saturated rings. The van der Waals surface area contributed by atoms with E-state index in [1.165, 1.54) is 11.0 Å². The molecule has 1 aliphatic heterocycles. The topological polar surface area (TPSA) is 104 Å². The first-order chi connectivity index (χ1) is 10.7. The predicted molar refractivity (Wildman–Crippen MR) is 81.2 cm³/mol. The van der Waals surface area contributed by atoms with Gasteiger partial charge < -0.3 is 10.0 Å². The number of halogens is 1. The number of carboxylic acid groups (broad SMARTS) is 1. The molecule has 1 aliphatic rings. The number of hydrogen-bond donors (Lipinski definition) is 2. The molecule has 1 atom stereocenters. The lowest BCUT2D eigenvalue weighted by molar-refractivity contribution is -0.137. The summed E-state index contributed by atoms with van der Waals surface area (Å²) >= 11 is 0. The van der Waals surface area contributed by atoms with Crippen molar-refractivity contribution >= 4 is 27.6 Å². The molecule has 0 radical (unpaired) electrons. The number of rotatable bonds is 5. The van der Waals surface area contributed by atoms with Gasteiger partial charge in [0.1, 0.15) is 5.82 Å². The minimum Gasteiger partial charge on any atom is -0.481 e. The summed E-state index contributed by atoms with van der Waals surface area (Å²) in [5, 5.41) is 8.91. The number of carbonyl (C=O) groups excluding carboxylic acids is 1. The van der Waals surface area contributed by atoms with Crippen molar-refractivity contribution in [2.24, 2.45) is 0 Å². The normalized spacial score (nSPS) is 18.0. The molecule has 0 saturated carbocycles. The third-order valence-corrected chi connectivity index (χ3v) is 4.15. The van der Waals surface area contributed by atoms with Crippen molar-refractivity contribution in [1.82, 2.24) is 4.90 Å². The third-order valence-electron chi connectivity index (χ3n) is 3.56. The highest BCUT2D eigenvalue weighted by atomic mass is 32.2. The summed E-state index contributed by atoms with van der Waals surface area (Å²) in [5.74, 6) is -2.29. The number of amides is 1. The van der Waals surface area contributed by atoms with E-state index in [0.29, 0.717) is 19.4 Å². The minimum atomic E-state index is -3.64. The lowest BCUT2D eigenvalue weighted by Crippen LogP contribution is -2.37. The van der Waals surface area contributed by atoms with Gasteiger partial charge in [0.15, 0.2) is 0 Å². The SMILES string of the molecule is CS(=O)(=O)Nc1ccc(F)cc1C(=O)N1CCCC1CC(=O)O. The molecule has 1 aromatic carbocycles. The summed E-state index contributed by atoms with van der Waals surface area (Å²) in [6, 6.07) is 2.69. The maximum atomic E-state index is 13.5. The third kappa shape index (κ3) is 4.41. The first kappa shape index (κ1) is 17.2. The van der Waals surface area contributed by atoms with Crippen LogP contribution in [0, 0.1) is 5.82 Å². The lowest BCUT2D eigenvalue weighted by atomic mass is 10.1. The van der Waals surface area contributed by atoms with Gasteiger partial charge in [-0.1, -0.05) is 0 Å². The van der Waals surface area contributed by atoms with Crippen molar-refractivity contribution in [2.75, 3.05) is 17.5 Å². The molecular weight excluding hydrogens is 327 g/mol. The highest BCUT2D eigenvalue weighted by Gasteiger charge is 2.32. The van der Waals surface area contributed by atoms with Gasteiger partial charge in [-0.2, -0.15) is 0 Å². The average Bonchev–Trinajstić information content (AvgIpc) is 2.85. The van der Waals surface area contributed by atoms with Crippen LogP contribution in [-0.2, 0) is 14.8 Å². The molecule has 23 heavy (non-hydrogen) atoms. The van der Waals surface area contributed by atoms with Gasteiger partial charge >= 0.3 is 5.97 Å². The number of likely N-dealkylation sites (tertiary alicyclic amines) is 1. The van der Waals surface area contributed by atoms with Crippen LogP contribution in [0.1, 0.15) is 29.6 Å². The summed E-state index contributed by atoms with van der Waals surface area (Å²) in [6.45, 7) is 0.353. The van der Waals surface area contributed by atoms with Gasteiger partial charge in [-0.25, -0.2) is 12.8 Å². The van der Waals surface area contributed by atoms with Crippen LogP contribution in [0.15, 0.2) is 18.2 Å². The summed E-state index contributed by atoms with van der Waals surface area (Å²) in [4.78, 5) is 24.9. The summed E-state index contributed by atoms with van der Waals surface area (Å²) in [6.07, 6.45) is 1.92. The first-order valence-corrected chi connectivity index (χ1v) is 8.86. The number of aliphatic carboxylic acids is 1. The largest absolute Gasteiger partial charge is 0.481 e. The Bertz CT molecular complexity index is 735. The van der Waals surface area contributed by atoms with E-state index >= 15 is 0 Å². The van der Waals surface area contributed by atoms with Crippen molar-refractivity contribution in [1.29, 1.82) is 0 Å². The molecule has 2 N–H and O–H groups in total. The molecule has 7 nitrogen and oxygen atoms in total. The fourth-order valence-electron chi connectivity index (χ4n) is 2.65. The quantitative estimate of drug-likeness (QED) is 0.837. The van der Waals surface area contributed by atoms with Crippen molar-refractivity contribution < 1.29 is 27.5 Å². The van der Waals surface area contributed by atoms with Crippen LogP contribution in [-0.4, -0.2) is 49.1 Å². The monoisotopic (exact) mass is 344 g/mol. The highest BCUT2D eigenvalue weighted by Crippen LogP contribution is 2.26. The second-order valence-corrected chi connectivity index (χ2v) is 7.21. The summed E-state index contributed by atoms with van der Waals surface area (Å²) in [5.41, 5.74) is -0.160. The molecule has 1 heterocycles. The molecule has 1 saturated heterocycles. The fraction of sp³-hybridized carbons (Fsp3) is 0.429. The van der Waals surface area contributed by atoms with Crippen LogP contribution in [0.4, 0.5) is 10.1 Å². The highest BCUT2D eigenvalue weighted by molar-refractivity contribution is 7.92. The number of hydrogen-bond acceptors (Lipinski definition) is 4. The maximum Gasteiger partial charge on any atom is 0.305 e. The smallest absolute Gasteiger partial charge is 0.305 e. The maximum absolute atomic E-state index is 13.5. The Hall–Kier alpha value is -2.16. The number of nitrogens with one attached hydrogen (secondary N) is 1. The summed E-state index contributed by atoms with van der Waals surface area (Å²) in [7, 11) is -3.64. The van der Waals surface area contributed by atoms with Crippen molar-refractivity contribution in [2.45, 2.75) is 25.3 Å². The number of anilines is 1. The van der Waals surface area contributed by atoms with E-state index in [-0.39, 0.29) is 17.7 Å². The molecule has 9 heteroatoms. The van der Waals surface area contributed by atoms with Gasteiger partial charge in [0.2, 0.25) is 10.0 Å². The number of nitrogens with zero attached hydrogens (tertiary/aromatic N) is 1. The molecule has 1 aromatic rings. The average molecular weight is 344 g/mol. The lowest BCUT2D eigenvalue weighted by Gasteiger charge is -2.24. The van der Waals surface area contributed by atoms with E-state index in [0.717, 1.165) is 18.4 Å². The number of carbonyl (C=O) groups is 2. The van der Waals surface area contributed by atoms with Crippen molar-refractivity contribution in [3.63, 3.8) is 0 Å². The Morgan fingerprint density at radius 1 is 1.43 bits per heavy atom. The minimum absolute atomic E-state index is 0.0279. The molecule has 1 unspecified atom stereocenters. The number of carboxylic acids is 1. The molecule has 0 aliphatic carbocycles. The molecule has 1 amide bonds. The van der Waals surface area contributed by atoms with E-state index < -0.39 is 33.8 Å². The molecule has 0 bridgehead atoms. The number of sulfonamides is 1. The molecule has 0 spiro atoms. The van der Waals surface area contributed by atoms with Crippen molar-refractivity contribution in [3.05, 3.63) is 29.6 Å². The Morgan fingerprint density at radius 2 is 2.13 bits per heavy atom. The predicted octanol–water partition coefficient (Wildman–Crippen LogP) is 1.28. The van der Waals surface area contributed by atoms with Crippen LogP contribution in [0.25, 0.3) is 0 Å². The number of benzene rings is 1. The Labute approximate surface area is 133 Å². The molecule has 126 valence electrons.